The maximum Gasteiger partial charge on any atom is 0.217 e. The lowest BCUT2D eigenvalue weighted by Crippen LogP contribution is -2.29. The predicted octanol–water partition coefficient (Wildman–Crippen LogP) is -0.333. The van der Waals surface area contributed by atoms with Crippen LogP contribution in [0.15, 0.2) is 0 Å². The van der Waals surface area contributed by atoms with E-state index in [4.69, 9.17) is 15.2 Å². The molecule has 1 atom stereocenters. The minimum atomic E-state index is -0.279. The fourth-order valence-electron chi connectivity index (χ4n) is 1.01. The molecule has 1 unspecified atom stereocenters. The third kappa shape index (κ3) is 3.34. The second kappa shape index (κ2) is 4.31. The highest BCUT2D eigenvalue weighted by molar-refractivity contribution is 5.73. The Labute approximate surface area is 65.7 Å². The molecular formula is C7H13NO3. The average Bonchev–Trinajstić information content (AvgIpc) is 2.03. The molecule has 0 spiro atoms. The molecule has 0 aromatic carbocycles. The first kappa shape index (κ1) is 8.49. The number of nitrogens with two attached hydrogens (primary N) is 1. The molecule has 1 aliphatic heterocycles. The van der Waals surface area contributed by atoms with Crippen LogP contribution in [0, 0.1) is 0 Å². The van der Waals surface area contributed by atoms with Crippen LogP contribution in [0.25, 0.3) is 0 Å². The van der Waals surface area contributed by atoms with Crippen LogP contribution in [0.1, 0.15) is 12.8 Å². The lowest BCUT2D eigenvalue weighted by atomic mass is 10.2. The van der Waals surface area contributed by atoms with Crippen LogP contribution in [-0.2, 0) is 14.3 Å². The quantitative estimate of drug-likeness (QED) is 0.613. The molecule has 1 aliphatic rings. The zero-order valence-electron chi connectivity index (χ0n) is 6.41. The van der Waals surface area contributed by atoms with Crippen molar-refractivity contribution in [1.29, 1.82) is 0 Å². The van der Waals surface area contributed by atoms with Gasteiger partial charge in [0.25, 0.3) is 0 Å². The van der Waals surface area contributed by atoms with E-state index < -0.39 is 0 Å². The Morgan fingerprint density at radius 1 is 1.55 bits per heavy atom. The zero-order chi connectivity index (χ0) is 8.10. The van der Waals surface area contributed by atoms with Crippen molar-refractivity contribution in [2.45, 2.75) is 18.9 Å². The number of hydrogen-bond acceptors (Lipinski definition) is 3. The van der Waals surface area contributed by atoms with Gasteiger partial charge in [0.05, 0.1) is 25.9 Å². The van der Waals surface area contributed by atoms with Crippen LogP contribution >= 0.6 is 0 Å². The summed E-state index contributed by atoms with van der Waals surface area (Å²) in [5.41, 5.74) is 4.97. The van der Waals surface area contributed by atoms with Gasteiger partial charge < -0.3 is 15.2 Å². The van der Waals surface area contributed by atoms with Gasteiger partial charge in [0.15, 0.2) is 0 Å². The number of hydrogen-bond donors (Lipinski definition) is 1. The molecule has 0 radical (unpaired) electrons. The molecule has 0 bridgehead atoms. The summed E-state index contributed by atoms with van der Waals surface area (Å²) in [5, 5.41) is 0. The van der Waals surface area contributed by atoms with Gasteiger partial charge in [-0.1, -0.05) is 0 Å². The van der Waals surface area contributed by atoms with Gasteiger partial charge in [0, 0.05) is 6.42 Å². The Morgan fingerprint density at radius 3 is 2.91 bits per heavy atom. The SMILES string of the molecule is NC(=O)CCC1COCCO1. The van der Waals surface area contributed by atoms with Crippen LogP contribution < -0.4 is 5.73 Å². The van der Waals surface area contributed by atoms with Gasteiger partial charge in [-0.2, -0.15) is 0 Å². The van der Waals surface area contributed by atoms with E-state index in [2.05, 4.69) is 0 Å². The number of carbonyl (C=O) groups is 1. The molecule has 11 heavy (non-hydrogen) atoms. The topological polar surface area (TPSA) is 61.6 Å². The maximum absolute atomic E-state index is 10.4. The second-order valence-electron chi connectivity index (χ2n) is 2.57. The minimum Gasteiger partial charge on any atom is -0.376 e. The van der Waals surface area contributed by atoms with E-state index in [0.29, 0.717) is 32.7 Å². The Bertz CT molecular complexity index is 132. The zero-order valence-corrected chi connectivity index (χ0v) is 6.41. The molecule has 0 aliphatic carbocycles. The van der Waals surface area contributed by atoms with E-state index in [0.717, 1.165) is 0 Å². The Kier molecular flexibility index (Phi) is 3.32. The fourth-order valence-corrected chi connectivity index (χ4v) is 1.01. The first-order chi connectivity index (χ1) is 5.29. The van der Waals surface area contributed by atoms with Crippen LogP contribution in [0.3, 0.4) is 0 Å². The van der Waals surface area contributed by atoms with Gasteiger partial charge in [-0.25, -0.2) is 0 Å². The summed E-state index contributed by atoms with van der Waals surface area (Å²) in [6.45, 7) is 1.88. The number of amides is 1. The molecule has 1 rings (SSSR count). The predicted molar refractivity (Wildman–Crippen MR) is 39.0 cm³/mol. The molecule has 0 saturated carbocycles. The van der Waals surface area contributed by atoms with Crippen molar-refractivity contribution >= 4 is 5.91 Å². The first-order valence-electron chi connectivity index (χ1n) is 3.76. The van der Waals surface area contributed by atoms with E-state index in [-0.39, 0.29) is 12.0 Å². The Hall–Kier alpha value is -0.610. The summed E-state index contributed by atoms with van der Waals surface area (Å²) in [6, 6.07) is 0. The second-order valence-corrected chi connectivity index (χ2v) is 2.57. The van der Waals surface area contributed by atoms with Crippen LogP contribution in [0.5, 0.6) is 0 Å². The standard InChI is InChI=1S/C7H13NO3/c8-7(9)2-1-6-5-10-3-4-11-6/h6H,1-5H2,(H2,8,9). The number of ether oxygens (including phenoxy) is 2. The molecule has 0 aromatic rings. The Morgan fingerprint density at radius 2 is 2.36 bits per heavy atom. The summed E-state index contributed by atoms with van der Waals surface area (Å²) in [7, 11) is 0. The van der Waals surface area contributed by atoms with E-state index in [1.54, 1.807) is 0 Å². The average molecular weight is 159 g/mol. The summed E-state index contributed by atoms with van der Waals surface area (Å²) >= 11 is 0. The fraction of sp³-hybridized carbons (Fsp3) is 0.857. The molecule has 1 amide bonds. The van der Waals surface area contributed by atoms with Crippen molar-refractivity contribution < 1.29 is 14.3 Å². The van der Waals surface area contributed by atoms with Crippen molar-refractivity contribution in [2.24, 2.45) is 5.73 Å². The third-order valence-electron chi connectivity index (χ3n) is 1.60. The maximum atomic E-state index is 10.4. The van der Waals surface area contributed by atoms with Gasteiger partial charge in [-0.3, -0.25) is 4.79 Å². The van der Waals surface area contributed by atoms with Gasteiger partial charge in [-0.15, -0.1) is 0 Å². The summed E-state index contributed by atoms with van der Waals surface area (Å²) in [4.78, 5) is 10.4. The number of primary amides is 1. The highest BCUT2D eigenvalue weighted by Gasteiger charge is 2.14. The minimum absolute atomic E-state index is 0.0660. The van der Waals surface area contributed by atoms with Crippen LogP contribution in [0.2, 0.25) is 0 Å². The van der Waals surface area contributed by atoms with Crippen molar-refractivity contribution in [1.82, 2.24) is 0 Å². The molecule has 1 heterocycles. The van der Waals surface area contributed by atoms with Crippen LogP contribution in [0.4, 0.5) is 0 Å². The highest BCUT2D eigenvalue weighted by atomic mass is 16.6. The highest BCUT2D eigenvalue weighted by Crippen LogP contribution is 2.06. The summed E-state index contributed by atoms with van der Waals surface area (Å²) in [6.07, 6.45) is 1.12. The number of carbonyl (C=O) groups excluding carboxylic acids is 1. The van der Waals surface area contributed by atoms with E-state index in [1.165, 1.54) is 0 Å². The molecule has 4 nitrogen and oxygen atoms in total. The van der Waals surface area contributed by atoms with Gasteiger partial charge in [0.2, 0.25) is 5.91 Å². The van der Waals surface area contributed by atoms with Crippen molar-refractivity contribution in [3.05, 3.63) is 0 Å². The van der Waals surface area contributed by atoms with Gasteiger partial charge in [0.1, 0.15) is 0 Å². The smallest absolute Gasteiger partial charge is 0.217 e. The molecule has 64 valence electrons. The molecule has 4 heteroatoms. The van der Waals surface area contributed by atoms with E-state index in [1.807, 2.05) is 0 Å². The van der Waals surface area contributed by atoms with Crippen molar-refractivity contribution in [3.8, 4) is 0 Å². The lowest BCUT2D eigenvalue weighted by molar-refractivity contribution is -0.121. The van der Waals surface area contributed by atoms with Crippen molar-refractivity contribution in [2.75, 3.05) is 19.8 Å². The summed E-state index contributed by atoms with van der Waals surface area (Å²) in [5.74, 6) is -0.279. The molecule has 0 aromatic heterocycles. The number of rotatable bonds is 3. The lowest BCUT2D eigenvalue weighted by Gasteiger charge is -2.22. The van der Waals surface area contributed by atoms with E-state index in [9.17, 15) is 4.79 Å². The molecule has 1 fully saturated rings. The molecule has 1 saturated heterocycles. The summed E-state index contributed by atoms with van der Waals surface area (Å²) < 4.78 is 10.4. The monoisotopic (exact) mass is 159 g/mol. The first-order valence-corrected chi connectivity index (χ1v) is 3.76. The third-order valence-corrected chi connectivity index (χ3v) is 1.60. The van der Waals surface area contributed by atoms with Crippen LogP contribution in [-0.4, -0.2) is 31.8 Å². The molecular weight excluding hydrogens is 146 g/mol. The van der Waals surface area contributed by atoms with Crippen molar-refractivity contribution in [3.63, 3.8) is 0 Å². The van der Waals surface area contributed by atoms with Gasteiger partial charge >= 0.3 is 0 Å². The molecule has 2 N–H and O–H groups in total. The normalized spacial score (nSPS) is 24.9. The van der Waals surface area contributed by atoms with E-state index >= 15 is 0 Å². The largest absolute Gasteiger partial charge is 0.376 e. The van der Waals surface area contributed by atoms with Gasteiger partial charge in [-0.05, 0) is 6.42 Å². The Balaban J connectivity index is 2.09.